The predicted octanol–water partition coefficient (Wildman–Crippen LogP) is 0.147. The molecule has 0 aliphatic carbocycles. The van der Waals surface area contributed by atoms with Crippen LogP contribution in [0.2, 0.25) is 18.1 Å². The maximum atomic E-state index is 12.2. The van der Waals surface area contributed by atoms with Gasteiger partial charge in [0.05, 0.1) is 28.4 Å². The molecule has 1 saturated heterocycles. The normalized spacial score (nSPS) is 22.9. The minimum atomic E-state index is -2.10. The first kappa shape index (κ1) is 21.2. The second kappa shape index (κ2) is 7.19. The summed E-state index contributed by atoms with van der Waals surface area (Å²) in [6, 6.07) is -0.559. The molecule has 0 saturated carbocycles. The lowest BCUT2D eigenvalue weighted by Gasteiger charge is -2.46. The number of β-lactam (4-membered cyclic amide) rings is 1. The van der Waals surface area contributed by atoms with Gasteiger partial charge in [0.15, 0.2) is 14.3 Å². The van der Waals surface area contributed by atoms with E-state index in [9.17, 15) is 19.5 Å². The number of nitrogens with one attached hydrogen (secondary N) is 2. The number of Topliss-reactive ketones (excluding diaryl/α,β-unsaturated/α-hetero) is 1. The molecule has 0 aromatic heterocycles. The zero-order valence-corrected chi connectivity index (χ0v) is 16.8. The van der Waals surface area contributed by atoms with Crippen molar-refractivity contribution in [2.45, 2.75) is 64.9 Å². The van der Waals surface area contributed by atoms with Crippen LogP contribution in [0, 0.1) is 17.4 Å². The van der Waals surface area contributed by atoms with Crippen molar-refractivity contribution in [1.82, 2.24) is 5.32 Å². The fraction of sp³-hybridized carbons (Fsp3) is 0.750. The zero-order valence-electron chi connectivity index (χ0n) is 15.8. The van der Waals surface area contributed by atoms with E-state index in [1.54, 1.807) is 6.92 Å². The van der Waals surface area contributed by atoms with Crippen molar-refractivity contribution in [3.05, 3.63) is 0 Å². The summed E-state index contributed by atoms with van der Waals surface area (Å²) in [4.78, 5) is 37.9. The highest BCUT2D eigenvalue weighted by atomic mass is 28.4. The topological polar surface area (TPSA) is 133 Å². The summed E-state index contributed by atoms with van der Waals surface area (Å²) in [6.07, 6.45) is -0.408. The Morgan fingerprint density at radius 3 is 2.20 bits per heavy atom. The van der Waals surface area contributed by atoms with Gasteiger partial charge in [0, 0.05) is 5.92 Å². The van der Waals surface area contributed by atoms with Gasteiger partial charge in [0.2, 0.25) is 5.91 Å². The quantitative estimate of drug-likeness (QED) is 0.164. The van der Waals surface area contributed by atoms with Crippen molar-refractivity contribution in [2.75, 3.05) is 0 Å². The van der Waals surface area contributed by atoms with E-state index in [0.29, 0.717) is 0 Å². The molecule has 9 heteroatoms. The number of nitrogens with zero attached hydrogens (tertiary/aromatic N) is 1. The van der Waals surface area contributed by atoms with Crippen molar-refractivity contribution in [2.24, 2.45) is 11.8 Å². The number of carbonyl (C=O) groups is 3. The van der Waals surface area contributed by atoms with Crippen LogP contribution in [0.4, 0.5) is 0 Å². The Bertz CT molecular complexity index is 634. The second-order valence-corrected chi connectivity index (χ2v) is 12.8. The third-order valence-electron chi connectivity index (χ3n) is 5.28. The highest BCUT2D eigenvalue weighted by Gasteiger charge is 2.51. The van der Waals surface area contributed by atoms with E-state index in [4.69, 9.17) is 9.96 Å². The number of carbonyl (C=O) groups excluding carboxylic acids is 3. The molecule has 25 heavy (non-hydrogen) atoms. The average Bonchev–Trinajstić information content (AvgIpc) is 2.41. The van der Waals surface area contributed by atoms with Crippen LogP contribution in [0.15, 0.2) is 0 Å². The lowest BCUT2D eigenvalue weighted by Crippen LogP contribution is -2.67. The van der Waals surface area contributed by atoms with Crippen LogP contribution in [0.5, 0.6) is 0 Å². The molecule has 1 rings (SSSR count). The number of carboxylic acid groups (broad SMARTS) is 1. The summed E-state index contributed by atoms with van der Waals surface area (Å²) in [5.41, 5.74) is 5.89. The molecule has 4 atom stereocenters. The van der Waals surface area contributed by atoms with Gasteiger partial charge in [0.1, 0.15) is 0 Å². The number of rotatable bonds is 7. The van der Waals surface area contributed by atoms with Crippen molar-refractivity contribution < 1.29 is 28.7 Å². The molecule has 1 aliphatic heterocycles. The van der Waals surface area contributed by atoms with E-state index in [1.165, 1.54) is 6.92 Å². The Kier molecular flexibility index (Phi) is 6.10. The molecule has 8 nitrogen and oxygen atoms in total. The van der Waals surface area contributed by atoms with Crippen molar-refractivity contribution in [1.29, 1.82) is 5.53 Å². The largest absolute Gasteiger partial charge is 0.538 e. The summed E-state index contributed by atoms with van der Waals surface area (Å²) in [5, 5.41) is 13.5. The van der Waals surface area contributed by atoms with Gasteiger partial charge in [0.25, 0.3) is 5.78 Å². The van der Waals surface area contributed by atoms with Crippen molar-refractivity contribution >= 4 is 31.7 Å². The Balaban J connectivity index is 2.94. The number of hydrogen-bond donors (Lipinski definition) is 2. The van der Waals surface area contributed by atoms with E-state index < -0.39 is 49.8 Å². The van der Waals surface area contributed by atoms with E-state index in [1.807, 2.05) is 0 Å². The highest BCUT2D eigenvalue weighted by Crippen LogP contribution is 2.39. The predicted molar refractivity (Wildman–Crippen MR) is 90.3 cm³/mol. The minimum absolute atomic E-state index is 0.0293. The van der Waals surface area contributed by atoms with Crippen LogP contribution >= 0.6 is 0 Å². The smallest absolute Gasteiger partial charge is 0.429 e. The van der Waals surface area contributed by atoms with Gasteiger partial charge < -0.3 is 19.6 Å². The number of carboxylic acids is 1. The number of ketones is 1. The summed E-state index contributed by atoms with van der Waals surface area (Å²) in [7, 11) is -2.10. The van der Waals surface area contributed by atoms with Crippen LogP contribution in [-0.4, -0.2) is 48.6 Å². The van der Waals surface area contributed by atoms with E-state index in [-0.39, 0.29) is 10.9 Å². The molecule has 0 unspecified atom stereocenters. The van der Waals surface area contributed by atoms with Gasteiger partial charge in [-0.05, 0) is 25.1 Å². The lowest BCUT2D eigenvalue weighted by molar-refractivity contribution is -0.298. The molecular formula is C16H27N3O5Si. The SMILES string of the molecule is C[C@@H](O[Si](C)(C)C(C)(C)C)[C@H]1C(=O)N[C@@H]1[C@@H](C)C(=O)C(=[N+]=N)C(=O)[O-]. The molecule has 0 bridgehead atoms. The van der Waals surface area contributed by atoms with Gasteiger partial charge in [-0.25, -0.2) is 0 Å². The summed E-state index contributed by atoms with van der Waals surface area (Å²) >= 11 is 0. The Labute approximate surface area is 148 Å². The van der Waals surface area contributed by atoms with Crippen LogP contribution in [0.3, 0.4) is 0 Å². The van der Waals surface area contributed by atoms with Gasteiger partial charge in [-0.15, -0.1) is 0 Å². The van der Waals surface area contributed by atoms with Gasteiger partial charge >= 0.3 is 5.71 Å². The molecule has 2 N–H and O–H groups in total. The van der Waals surface area contributed by atoms with Gasteiger partial charge in [-0.2, -0.15) is 0 Å². The van der Waals surface area contributed by atoms with Crippen LogP contribution in [0.25, 0.3) is 0 Å². The monoisotopic (exact) mass is 369 g/mol. The maximum Gasteiger partial charge on any atom is 0.429 e. The maximum absolute atomic E-state index is 12.2. The molecular weight excluding hydrogens is 342 g/mol. The number of amides is 1. The molecule has 0 radical (unpaired) electrons. The Morgan fingerprint density at radius 2 is 1.84 bits per heavy atom. The molecule has 1 heterocycles. The first-order valence-corrected chi connectivity index (χ1v) is 11.1. The standard InChI is InChI=1S/C16H27N3O5Si/c1-8(13(20)12(19-17)15(22)23)11-10(14(21)18-11)9(2)24-25(6,7)16(3,4)5/h8-11,17H,1-7H3,(H-,18,21,22,23)/t8-,9-,10-,11-/m1/s1. The molecule has 1 aliphatic rings. The molecule has 0 aromatic rings. The zero-order chi connectivity index (χ0) is 19.7. The molecule has 1 amide bonds. The summed E-state index contributed by atoms with van der Waals surface area (Å²) in [5.74, 6) is -4.24. The first-order valence-electron chi connectivity index (χ1n) is 8.22. The highest BCUT2D eigenvalue weighted by molar-refractivity contribution is 6.74. The number of hydrogen-bond acceptors (Lipinski definition) is 6. The lowest BCUT2D eigenvalue weighted by atomic mass is 9.76. The van der Waals surface area contributed by atoms with Crippen LogP contribution in [0.1, 0.15) is 34.6 Å². The van der Waals surface area contributed by atoms with Crippen molar-refractivity contribution in [3.63, 3.8) is 0 Å². The van der Waals surface area contributed by atoms with Crippen LogP contribution < -0.4 is 10.4 Å². The van der Waals surface area contributed by atoms with Crippen LogP contribution in [-0.2, 0) is 18.8 Å². The average molecular weight is 369 g/mol. The third-order valence-corrected chi connectivity index (χ3v) is 9.86. The van der Waals surface area contributed by atoms with E-state index in [2.05, 4.69) is 44.0 Å². The van der Waals surface area contributed by atoms with E-state index >= 15 is 0 Å². The number of aliphatic carboxylic acids is 1. The second-order valence-electron chi connectivity index (χ2n) is 8.04. The van der Waals surface area contributed by atoms with E-state index in [0.717, 1.165) is 0 Å². The molecule has 140 valence electrons. The Hall–Kier alpha value is -1.83. The summed E-state index contributed by atoms with van der Waals surface area (Å²) in [6.45, 7) is 13.7. The fourth-order valence-corrected chi connectivity index (χ4v) is 4.08. The molecule has 0 spiro atoms. The third kappa shape index (κ3) is 4.23. The molecule has 1 fully saturated rings. The first-order chi connectivity index (χ1) is 11.2. The fourth-order valence-electron chi connectivity index (χ4n) is 2.65. The minimum Gasteiger partial charge on any atom is -0.538 e. The van der Waals surface area contributed by atoms with Gasteiger partial charge in [-0.1, -0.05) is 27.7 Å². The molecule has 0 aromatic carbocycles. The summed E-state index contributed by atoms with van der Waals surface area (Å²) < 4.78 is 6.24. The Morgan fingerprint density at radius 1 is 1.32 bits per heavy atom. The van der Waals surface area contributed by atoms with Gasteiger partial charge in [-0.3, -0.25) is 9.59 Å². The van der Waals surface area contributed by atoms with Crippen molar-refractivity contribution in [3.8, 4) is 0 Å².